The van der Waals surface area contributed by atoms with Gasteiger partial charge in [0.1, 0.15) is 0 Å². The van der Waals surface area contributed by atoms with E-state index >= 15 is 0 Å². The van der Waals surface area contributed by atoms with E-state index in [2.05, 4.69) is 48.0 Å². The maximum atomic E-state index is 13.5. The van der Waals surface area contributed by atoms with Crippen LogP contribution in [-0.4, -0.2) is 4.98 Å². The average Bonchev–Trinajstić information content (AvgIpc) is 2.64. The molecule has 1 fully saturated rings. The molecule has 0 aliphatic heterocycles. The first-order chi connectivity index (χ1) is 12.1. The number of halogens is 3. The van der Waals surface area contributed by atoms with Crippen molar-refractivity contribution in [1.29, 1.82) is 0 Å². The van der Waals surface area contributed by atoms with E-state index in [1.165, 1.54) is 11.1 Å². The number of aromatic nitrogens is 1. The summed E-state index contributed by atoms with van der Waals surface area (Å²) in [6.45, 7) is 2.14. The number of pyridine rings is 1. The van der Waals surface area contributed by atoms with Gasteiger partial charge in [-0.15, -0.1) is 0 Å². The molecule has 25 heavy (non-hydrogen) atoms. The fourth-order valence-corrected chi connectivity index (χ4v) is 3.31. The molecular weight excluding hydrogens is 323 g/mol. The third kappa shape index (κ3) is 4.22. The molecule has 0 amide bonds. The van der Waals surface area contributed by atoms with E-state index in [-0.39, 0.29) is 11.5 Å². The molecule has 1 aliphatic rings. The second-order valence-corrected chi connectivity index (χ2v) is 6.51. The second-order valence-electron chi connectivity index (χ2n) is 6.51. The molecule has 4 heteroatoms. The number of nitrogens with zero attached hydrogens (tertiary/aromatic N) is 1. The molecule has 0 unspecified atom stereocenters. The van der Waals surface area contributed by atoms with Gasteiger partial charge < -0.3 is 0 Å². The van der Waals surface area contributed by atoms with Gasteiger partial charge in [-0.05, 0) is 55.2 Å². The highest BCUT2D eigenvalue weighted by Gasteiger charge is 2.21. The zero-order valence-electron chi connectivity index (χ0n) is 14.2. The highest BCUT2D eigenvalue weighted by Crippen LogP contribution is 2.35. The molecule has 0 atom stereocenters. The molecule has 0 radical (unpaired) electrons. The molecule has 1 aromatic heterocycles. The first-order valence-electron chi connectivity index (χ1n) is 8.68. The number of hydrogen-bond acceptors (Lipinski definition) is 1. The van der Waals surface area contributed by atoms with Crippen LogP contribution in [0.5, 0.6) is 0 Å². The van der Waals surface area contributed by atoms with Gasteiger partial charge in [-0.2, -0.15) is 13.8 Å². The van der Waals surface area contributed by atoms with Gasteiger partial charge in [-0.1, -0.05) is 43.0 Å². The molecule has 0 saturated heterocycles. The van der Waals surface area contributed by atoms with Crippen molar-refractivity contribution in [3.8, 4) is 11.8 Å². The lowest BCUT2D eigenvalue weighted by atomic mass is 9.79. The summed E-state index contributed by atoms with van der Waals surface area (Å²) in [5, 5.41) is 0. The molecule has 3 rings (SSSR count). The van der Waals surface area contributed by atoms with Crippen LogP contribution in [0.4, 0.5) is 13.2 Å². The molecule has 1 nitrogen and oxygen atoms in total. The van der Waals surface area contributed by atoms with Gasteiger partial charge >= 0.3 is 0 Å². The Labute approximate surface area is 146 Å². The smallest absolute Gasteiger partial charge is 0.202 e. The van der Waals surface area contributed by atoms with Crippen molar-refractivity contribution in [2.24, 2.45) is 5.92 Å². The Kier molecular flexibility index (Phi) is 5.43. The third-order valence-corrected chi connectivity index (χ3v) is 4.88. The lowest BCUT2D eigenvalue weighted by Crippen LogP contribution is -2.12. The van der Waals surface area contributed by atoms with Gasteiger partial charge in [0.25, 0.3) is 5.95 Å². The van der Waals surface area contributed by atoms with Crippen LogP contribution >= 0.6 is 0 Å². The first kappa shape index (κ1) is 17.5. The Morgan fingerprint density at radius 2 is 1.68 bits per heavy atom. The molecular formula is C21H20F3N. The summed E-state index contributed by atoms with van der Waals surface area (Å²) in [4.78, 5) is 2.89. The van der Waals surface area contributed by atoms with Gasteiger partial charge in [0, 0.05) is 5.92 Å². The topological polar surface area (TPSA) is 12.9 Å². The lowest BCUT2D eigenvalue weighted by molar-refractivity contribution is 0.384. The van der Waals surface area contributed by atoms with Crippen molar-refractivity contribution in [2.45, 2.75) is 44.9 Å². The summed E-state index contributed by atoms with van der Waals surface area (Å²) < 4.78 is 39.5. The average molecular weight is 343 g/mol. The number of benzene rings is 1. The van der Waals surface area contributed by atoms with Crippen molar-refractivity contribution < 1.29 is 13.2 Å². The Morgan fingerprint density at radius 3 is 2.32 bits per heavy atom. The Hall–Kier alpha value is -2.28. The molecule has 1 saturated carbocycles. The Bertz CT molecular complexity index is 794. The van der Waals surface area contributed by atoms with Crippen LogP contribution in [0.15, 0.2) is 30.3 Å². The van der Waals surface area contributed by atoms with Crippen LogP contribution in [-0.2, 0) is 6.42 Å². The van der Waals surface area contributed by atoms with Gasteiger partial charge in [-0.25, -0.2) is 4.39 Å². The van der Waals surface area contributed by atoms with Gasteiger partial charge in [0.2, 0.25) is 5.95 Å². The molecule has 1 aliphatic carbocycles. The minimum Gasteiger partial charge on any atom is -0.202 e. The van der Waals surface area contributed by atoms with E-state index in [0.717, 1.165) is 38.2 Å². The van der Waals surface area contributed by atoms with E-state index in [1.54, 1.807) is 0 Å². The molecule has 1 aromatic carbocycles. The van der Waals surface area contributed by atoms with Crippen molar-refractivity contribution >= 4 is 0 Å². The quantitative estimate of drug-likeness (QED) is 0.526. The monoisotopic (exact) mass is 343 g/mol. The SMILES string of the molecule is CCc1ccc(C2CCC(C#Cc3cc(F)c(F)nc3F)CC2)cc1. The fraction of sp³-hybridized carbons (Fsp3) is 0.381. The van der Waals surface area contributed by atoms with Crippen LogP contribution in [0.1, 0.15) is 55.2 Å². The maximum Gasteiger partial charge on any atom is 0.251 e. The van der Waals surface area contributed by atoms with Crippen LogP contribution in [0, 0.1) is 35.5 Å². The first-order valence-corrected chi connectivity index (χ1v) is 8.68. The predicted molar refractivity (Wildman–Crippen MR) is 91.5 cm³/mol. The van der Waals surface area contributed by atoms with E-state index in [1.807, 2.05) is 0 Å². The summed E-state index contributed by atoms with van der Waals surface area (Å²) in [6, 6.07) is 9.54. The fourth-order valence-electron chi connectivity index (χ4n) is 3.31. The summed E-state index contributed by atoms with van der Waals surface area (Å²) >= 11 is 0. The minimum absolute atomic E-state index is 0.152. The second kappa shape index (κ2) is 7.74. The predicted octanol–water partition coefficient (Wildman–Crippen LogP) is 5.39. The van der Waals surface area contributed by atoms with E-state index < -0.39 is 17.7 Å². The lowest BCUT2D eigenvalue weighted by Gasteiger charge is -2.26. The third-order valence-electron chi connectivity index (χ3n) is 4.88. The van der Waals surface area contributed by atoms with Gasteiger partial charge in [-0.3, -0.25) is 0 Å². The van der Waals surface area contributed by atoms with Gasteiger partial charge in [0.15, 0.2) is 5.82 Å². The van der Waals surface area contributed by atoms with E-state index in [4.69, 9.17) is 0 Å². The molecule has 0 N–H and O–H groups in total. The Balaban J connectivity index is 1.62. The number of hydrogen-bond donors (Lipinski definition) is 0. The van der Waals surface area contributed by atoms with Crippen molar-refractivity contribution in [2.75, 3.05) is 0 Å². The largest absolute Gasteiger partial charge is 0.251 e. The van der Waals surface area contributed by atoms with Gasteiger partial charge in [0.05, 0.1) is 5.56 Å². The molecule has 130 valence electrons. The minimum atomic E-state index is -1.43. The van der Waals surface area contributed by atoms with Crippen molar-refractivity contribution in [3.05, 3.63) is 64.7 Å². The standard InChI is InChI=1S/C21H20F3N/c1-2-14-3-8-16(9-4-14)17-10-5-15(6-11-17)7-12-18-13-19(22)21(24)25-20(18)23/h3-4,8-9,13,15,17H,2,5-6,10-11H2,1H3. The van der Waals surface area contributed by atoms with Crippen LogP contribution in [0.25, 0.3) is 0 Å². The zero-order chi connectivity index (χ0) is 17.8. The Morgan fingerprint density at radius 1 is 1.00 bits per heavy atom. The van der Waals surface area contributed by atoms with Crippen LogP contribution in [0.2, 0.25) is 0 Å². The van der Waals surface area contributed by atoms with Crippen molar-refractivity contribution in [1.82, 2.24) is 4.98 Å². The van der Waals surface area contributed by atoms with E-state index in [9.17, 15) is 13.2 Å². The zero-order valence-corrected chi connectivity index (χ0v) is 14.2. The normalized spacial score (nSPS) is 20.0. The number of aryl methyl sites for hydroxylation is 1. The van der Waals surface area contributed by atoms with E-state index in [0.29, 0.717) is 5.92 Å². The summed E-state index contributed by atoms with van der Waals surface area (Å²) in [6.07, 6.45) is 4.95. The molecule has 0 bridgehead atoms. The van der Waals surface area contributed by atoms with Crippen LogP contribution in [0.3, 0.4) is 0 Å². The molecule has 0 spiro atoms. The number of rotatable bonds is 2. The molecule has 2 aromatic rings. The highest BCUT2D eigenvalue weighted by molar-refractivity contribution is 5.34. The van der Waals surface area contributed by atoms with Crippen molar-refractivity contribution in [3.63, 3.8) is 0 Å². The van der Waals surface area contributed by atoms with Crippen LogP contribution < -0.4 is 0 Å². The summed E-state index contributed by atoms with van der Waals surface area (Å²) in [5.41, 5.74) is 2.51. The molecule has 1 heterocycles. The highest BCUT2D eigenvalue weighted by atomic mass is 19.2. The summed E-state index contributed by atoms with van der Waals surface area (Å²) in [5.74, 6) is 2.64. The maximum absolute atomic E-state index is 13.5. The summed E-state index contributed by atoms with van der Waals surface area (Å²) in [7, 11) is 0.